The minimum atomic E-state index is 0.514. The summed E-state index contributed by atoms with van der Waals surface area (Å²) in [5, 5.41) is 14.8. The molecule has 0 atom stereocenters. The molecule has 1 fully saturated rings. The number of hydrogen-bond acceptors (Lipinski definition) is 7. The SMILES string of the molecule is CCc1cccc(C)c1Nc1nncc(NCCN2CCOCC2)n1. The van der Waals surface area contributed by atoms with Crippen molar-refractivity contribution in [3.8, 4) is 0 Å². The number of benzene rings is 1. The van der Waals surface area contributed by atoms with Gasteiger partial charge in [0.1, 0.15) is 0 Å². The number of aryl methyl sites for hydroxylation is 2. The first kappa shape index (κ1) is 17.6. The number of nitrogens with zero attached hydrogens (tertiary/aromatic N) is 4. The fraction of sp³-hybridized carbons (Fsp3) is 0.500. The van der Waals surface area contributed by atoms with Gasteiger partial charge in [-0.25, -0.2) is 0 Å². The van der Waals surface area contributed by atoms with Gasteiger partial charge in [0.25, 0.3) is 0 Å². The average Bonchev–Trinajstić information content (AvgIpc) is 2.65. The Morgan fingerprint density at radius 2 is 2.08 bits per heavy atom. The quantitative estimate of drug-likeness (QED) is 0.799. The Hall–Kier alpha value is -2.25. The van der Waals surface area contributed by atoms with Gasteiger partial charge in [-0.2, -0.15) is 10.1 Å². The Labute approximate surface area is 148 Å². The topological polar surface area (TPSA) is 75.2 Å². The fourth-order valence-corrected chi connectivity index (χ4v) is 2.92. The van der Waals surface area contributed by atoms with E-state index in [0.29, 0.717) is 5.95 Å². The van der Waals surface area contributed by atoms with E-state index in [1.165, 1.54) is 11.1 Å². The molecular formula is C18H26N6O. The van der Waals surface area contributed by atoms with Crippen molar-refractivity contribution in [1.82, 2.24) is 20.1 Å². The summed E-state index contributed by atoms with van der Waals surface area (Å²) in [4.78, 5) is 6.91. The third kappa shape index (κ3) is 4.87. The maximum atomic E-state index is 5.36. The third-order valence-electron chi connectivity index (χ3n) is 4.37. The van der Waals surface area contributed by atoms with Gasteiger partial charge in [-0.05, 0) is 24.5 Å². The van der Waals surface area contributed by atoms with Gasteiger partial charge in [-0.1, -0.05) is 25.1 Å². The van der Waals surface area contributed by atoms with Crippen LogP contribution in [0.25, 0.3) is 0 Å². The second-order valence-electron chi connectivity index (χ2n) is 6.13. The van der Waals surface area contributed by atoms with Crippen molar-refractivity contribution >= 4 is 17.5 Å². The third-order valence-corrected chi connectivity index (χ3v) is 4.37. The molecule has 134 valence electrons. The van der Waals surface area contributed by atoms with E-state index in [4.69, 9.17) is 4.74 Å². The predicted octanol–water partition coefficient (Wildman–Crippen LogP) is 2.23. The number of nitrogens with one attached hydrogen (secondary N) is 2. The van der Waals surface area contributed by atoms with Crippen LogP contribution in [0, 0.1) is 6.92 Å². The molecule has 0 radical (unpaired) electrons. The molecule has 25 heavy (non-hydrogen) atoms. The molecule has 2 aromatic rings. The molecule has 2 heterocycles. The summed E-state index contributed by atoms with van der Waals surface area (Å²) in [6, 6.07) is 6.27. The number of para-hydroxylation sites is 1. The zero-order valence-corrected chi connectivity index (χ0v) is 15.0. The predicted molar refractivity (Wildman–Crippen MR) is 99.4 cm³/mol. The zero-order chi connectivity index (χ0) is 17.5. The Bertz CT molecular complexity index is 687. The Morgan fingerprint density at radius 3 is 2.88 bits per heavy atom. The van der Waals surface area contributed by atoms with E-state index < -0.39 is 0 Å². The molecule has 1 aromatic heterocycles. The number of rotatable bonds is 7. The minimum Gasteiger partial charge on any atom is -0.379 e. The molecule has 2 N–H and O–H groups in total. The van der Waals surface area contributed by atoms with E-state index >= 15 is 0 Å². The molecule has 1 aliphatic heterocycles. The fourth-order valence-electron chi connectivity index (χ4n) is 2.92. The second kappa shape index (κ2) is 8.73. The van der Waals surface area contributed by atoms with Crippen LogP contribution in [0.1, 0.15) is 18.1 Å². The summed E-state index contributed by atoms with van der Waals surface area (Å²) in [5.41, 5.74) is 3.49. The van der Waals surface area contributed by atoms with Crippen molar-refractivity contribution < 1.29 is 4.74 Å². The monoisotopic (exact) mass is 342 g/mol. The maximum absolute atomic E-state index is 5.36. The minimum absolute atomic E-state index is 0.514. The smallest absolute Gasteiger partial charge is 0.249 e. The van der Waals surface area contributed by atoms with Gasteiger partial charge >= 0.3 is 0 Å². The first-order valence-electron chi connectivity index (χ1n) is 8.85. The van der Waals surface area contributed by atoms with Crippen molar-refractivity contribution in [1.29, 1.82) is 0 Å². The summed E-state index contributed by atoms with van der Waals surface area (Å²) < 4.78 is 5.36. The van der Waals surface area contributed by atoms with Gasteiger partial charge in [0.05, 0.1) is 19.4 Å². The van der Waals surface area contributed by atoms with Gasteiger partial charge in [-0.15, -0.1) is 5.10 Å². The standard InChI is InChI=1S/C18H26N6O/c1-3-15-6-4-5-14(2)17(15)22-18-21-16(13-20-23-18)19-7-8-24-9-11-25-12-10-24/h4-6,13H,3,7-12H2,1-2H3,(H2,19,21,22,23). The molecule has 7 nitrogen and oxygen atoms in total. The molecule has 0 spiro atoms. The lowest BCUT2D eigenvalue weighted by Gasteiger charge is -2.26. The van der Waals surface area contributed by atoms with Crippen molar-refractivity contribution in [3.63, 3.8) is 0 Å². The largest absolute Gasteiger partial charge is 0.379 e. The molecule has 1 saturated heterocycles. The normalized spacial score (nSPS) is 15.1. The number of morpholine rings is 1. The second-order valence-corrected chi connectivity index (χ2v) is 6.13. The van der Waals surface area contributed by atoms with Crippen LogP contribution in [0.4, 0.5) is 17.5 Å². The Balaban J connectivity index is 1.60. The highest BCUT2D eigenvalue weighted by atomic mass is 16.5. The lowest BCUT2D eigenvalue weighted by atomic mass is 10.1. The van der Waals surface area contributed by atoms with Crippen LogP contribution in [-0.2, 0) is 11.2 Å². The summed E-state index contributed by atoms with van der Waals surface area (Å²) in [5.74, 6) is 1.25. The number of anilines is 3. The average molecular weight is 342 g/mol. The first-order chi connectivity index (χ1) is 12.3. The molecule has 0 amide bonds. The van der Waals surface area contributed by atoms with Crippen LogP contribution < -0.4 is 10.6 Å². The van der Waals surface area contributed by atoms with Crippen molar-refractivity contribution in [3.05, 3.63) is 35.5 Å². The van der Waals surface area contributed by atoms with Crippen LogP contribution >= 0.6 is 0 Å². The van der Waals surface area contributed by atoms with Gasteiger partial charge < -0.3 is 15.4 Å². The Morgan fingerprint density at radius 1 is 1.24 bits per heavy atom. The van der Waals surface area contributed by atoms with E-state index in [1.807, 2.05) is 0 Å². The molecular weight excluding hydrogens is 316 g/mol. The van der Waals surface area contributed by atoms with Gasteiger partial charge in [0, 0.05) is 31.9 Å². The summed E-state index contributed by atoms with van der Waals surface area (Å²) in [6.45, 7) is 9.63. The molecule has 0 unspecified atom stereocenters. The molecule has 7 heteroatoms. The van der Waals surface area contributed by atoms with E-state index in [1.54, 1.807) is 6.20 Å². The van der Waals surface area contributed by atoms with Crippen LogP contribution in [-0.4, -0.2) is 59.5 Å². The molecule has 1 aromatic carbocycles. The summed E-state index contributed by atoms with van der Waals surface area (Å²) in [7, 11) is 0. The van der Waals surface area contributed by atoms with Crippen LogP contribution in [0.3, 0.4) is 0 Å². The summed E-state index contributed by atoms with van der Waals surface area (Å²) >= 11 is 0. The zero-order valence-electron chi connectivity index (χ0n) is 15.0. The highest BCUT2D eigenvalue weighted by Gasteiger charge is 2.10. The molecule has 0 saturated carbocycles. The van der Waals surface area contributed by atoms with Crippen LogP contribution in [0.2, 0.25) is 0 Å². The molecule has 0 bridgehead atoms. The van der Waals surface area contributed by atoms with Crippen LogP contribution in [0.5, 0.6) is 0 Å². The van der Waals surface area contributed by atoms with E-state index in [0.717, 1.165) is 57.3 Å². The lowest BCUT2D eigenvalue weighted by molar-refractivity contribution is 0.0398. The van der Waals surface area contributed by atoms with Gasteiger partial charge in [0.15, 0.2) is 5.82 Å². The van der Waals surface area contributed by atoms with E-state index in [-0.39, 0.29) is 0 Å². The number of hydrogen-bond donors (Lipinski definition) is 2. The van der Waals surface area contributed by atoms with Gasteiger partial charge in [-0.3, -0.25) is 4.90 Å². The van der Waals surface area contributed by atoms with E-state index in [2.05, 4.69) is 62.8 Å². The first-order valence-corrected chi connectivity index (χ1v) is 8.85. The van der Waals surface area contributed by atoms with E-state index in [9.17, 15) is 0 Å². The molecule has 1 aliphatic rings. The van der Waals surface area contributed by atoms with Crippen molar-refractivity contribution in [2.75, 3.05) is 50.0 Å². The number of aromatic nitrogens is 3. The van der Waals surface area contributed by atoms with Gasteiger partial charge in [0.2, 0.25) is 5.95 Å². The van der Waals surface area contributed by atoms with Crippen molar-refractivity contribution in [2.45, 2.75) is 20.3 Å². The Kier molecular flexibility index (Phi) is 6.14. The highest BCUT2D eigenvalue weighted by Crippen LogP contribution is 2.23. The highest BCUT2D eigenvalue weighted by molar-refractivity contribution is 5.63. The maximum Gasteiger partial charge on any atom is 0.249 e. The molecule has 3 rings (SSSR count). The van der Waals surface area contributed by atoms with Crippen LogP contribution in [0.15, 0.2) is 24.4 Å². The summed E-state index contributed by atoms with van der Waals surface area (Å²) in [6.07, 6.45) is 2.61. The van der Waals surface area contributed by atoms with Crippen molar-refractivity contribution in [2.24, 2.45) is 0 Å². The number of ether oxygens (including phenoxy) is 1. The molecule has 0 aliphatic carbocycles. The lowest BCUT2D eigenvalue weighted by Crippen LogP contribution is -2.39.